The standard InChI is InChI=1S/C13H16S/c1-4-12(10-11(2)3)14-13-8-6-5-7-9-13/h4-11H,1H2,2-3H3/b12-10+. The van der Waals surface area contributed by atoms with E-state index in [-0.39, 0.29) is 0 Å². The Morgan fingerprint density at radius 2 is 1.93 bits per heavy atom. The fourth-order valence-electron chi connectivity index (χ4n) is 1.10. The Hall–Kier alpha value is -0.950. The molecule has 0 amide bonds. The van der Waals surface area contributed by atoms with Gasteiger partial charge < -0.3 is 0 Å². The molecule has 0 saturated carbocycles. The van der Waals surface area contributed by atoms with E-state index in [0.29, 0.717) is 5.92 Å². The Morgan fingerprint density at radius 1 is 1.29 bits per heavy atom. The lowest BCUT2D eigenvalue weighted by Gasteiger charge is -2.03. The van der Waals surface area contributed by atoms with Gasteiger partial charge in [-0.25, -0.2) is 0 Å². The Morgan fingerprint density at radius 3 is 2.43 bits per heavy atom. The molecule has 14 heavy (non-hydrogen) atoms. The van der Waals surface area contributed by atoms with Gasteiger partial charge in [-0.05, 0) is 18.1 Å². The van der Waals surface area contributed by atoms with E-state index in [4.69, 9.17) is 0 Å². The van der Waals surface area contributed by atoms with Crippen LogP contribution in [0, 0.1) is 5.92 Å². The van der Waals surface area contributed by atoms with Crippen molar-refractivity contribution in [1.29, 1.82) is 0 Å². The van der Waals surface area contributed by atoms with Gasteiger partial charge in [0.05, 0.1) is 0 Å². The molecule has 0 N–H and O–H groups in total. The molecular formula is C13H16S. The molecule has 0 aliphatic carbocycles. The first-order valence-electron chi connectivity index (χ1n) is 4.79. The Labute approximate surface area is 90.7 Å². The van der Waals surface area contributed by atoms with Crippen LogP contribution in [-0.2, 0) is 0 Å². The average molecular weight is 204 g/mol. The molecule has 0 aromatic heterocycles. The normalized spacial score (nSPS) is 11.8. The summed E-state index contributed by atoms with van der Waals surface area (Å²) in [7, 11) is 0. The fraction of sp³-hybridized carbons (Fsp3) is 0.231. The maximum absolute atomic E-state index is 3.82. The minimum atomic E-state index is 0.569. The van der Waals surface area contributed by atoms with Crippen molar-refractivity contribution in [3.63, 3.8) is 0 Å². The van der Waals surface area contributed by atoms with Gasteiger partial charge in [-0.1, -0.05) is 62.5 Å². The average Bonchev–Trinajstić information content (AvgIpc) is 2.17. The third-order valence-corrected chi connectivity index (χ3v) is 2.72. The highest BCUT2D eigenvalue weighted by molar-refractivity contribution is 8.03. The second-order valence-electron chi connectivity index (χ2n) is 3.43. The molecule has 0 aliphatic heterocycles. The van der Waals surface area contributed by atoms with Crippen LogP contribution in [0.25, 0.3) is 0 Å². The summed E-state index contributed by atoms with van der Waals surface area (Å²) in [5.74, 6) is 0.569. The van der Waals surface area contributed by atoms with E-state index in [1.165, 1.54) is 9.80 Å². The number of benzene rings is 1. The molecule has 0 atom stereocenters. The lowest BCUT2D eigenvalue weighted by Crippen LogP contribution is -1.81. The van der Waals surface area contributed by atoms with Crippen molar-refractivity contribution >= 4 is 11.8 Å². The SMILES string of the molecule is C=C/C(=C\C(C)C)Sc1ccccc1. The van der Waals surface area contributed by atoms with Crippen LogP contribution in [0.4, 0.5) is 0 Å². The largest absolute Gasteiger partial charge is 0.0980 e. The molecule has 1 rings (SSSR count). The van der Waals surface area contributed by atoms with Crippen LogP contribution >= 0.6 is 11.8 Å². The first-order valence-corrected chi connectivity index (χ1v) is 5.61. The van der Waals surface area contributed by atoms with Gasteiger partial charge in [0.25, 0.3) is 0 Å². The highest BCUT2D eigenvalue weighted by Gasteiger charge is 1.97. The summed E-state index contributed by atoms with van der Waals surface area (Å²) in [6, 6.07) is 10.4. The van der Waals surface area contributed by atoms with E-state index >= 15 is 0 Å². The van der Waals surface area contributed by atoms with Crippen molar-refractivity contribution in [2.75, 3.05) is 0 Å². The molecule has 0 nitrogen and oxygen atoms in total. The highest BCUT2D eigenvalue weighted by Crippen LogP contribution is 2.27. The molecule has 0 saturated heterocycles. The lowest BCUT2D eigenvalue weighted by molar-refractivity contribution is 0.830. The van der Waals surface area contributed by atoms with E-state index in [1.807, 2.05) is 12.1 Å². The van der Waals surface area contributed by atoms with Crippen LogP contribution in [0.5, 0.6) is 0 Å². The monoisotopic (exact) mass is 204 g/mol. The molecule has 0 unspecified atom stereocenters. The van der Waals surface area contributed by atoms with Crippen LogP contribution in [0.2, 0.25) is 0 Å². The van der Waals surface area contributed by atoms with Crippen molar-refractivity contribution < 1.29 is 0 Å². The summed E-state index contributed by atoms with van der Waals surface area (Å²) in [6.45, 7) is 8.17. The van der Waals surface area contributed by atoms with E-state index in [1.54, 1.807) is 11.8 Å². The highest BCUT2D eigenvalue weighted by atomic mass is 32.2. The minimum absolute atomic E-state index is 0.569. The summed E-state index contributed by atoms with van der Waals surface area (Å²) in [5.41, 5.74) is 0. The predicted molar refractivity (Wildman–Crippen MR) is 65.4 cm³/mol. The lowest BCUT2D eigenvalue weighted by atomic mass is 10.2. The number of rotatable bonds is 4. The zero-order valence-corrected chi connectivity index (χ0v) is 9.55. The molecule has 0 radical (unpaired) electrons. The summed E-state index contributed by atoms with van der Waals surface area (Å²) in [6.07, 6.45) is 4.14. The van der Waals surface area contributed by atoms with Gasteiger partial charge in [0.1, 0.15) is 0 Å². The first kappa shape index (κ1) is 11.1. The zero-order valence-electron chi connectivity index (χ0n) is 8.73. The number of thioether (sulfide) groups is 1. The van der Waals surface area contributed by atoms with Gasteiger partial charge in [-0.3, -0.25) is 0 Å². The summed E-state index contributed by atoms with van der Waals surface area (Å²) < 4.78 is 0. The zero-order chi connectivity index (χ0) is 10.4. The quantitative estimate of drug-likeness (QED) is 0.514. The number of hydrogen-bond acceptors (Lipinski definition) is 1. The van der Waals surface area contributed by atoms with Crippen LogP contribution in [-0.4, -0.2) is 0 Å². The van der Waals surface area contributed by atoms with Crippen molar-refractivity contribution in [2.24, 2.45) is 5.92 Å². The molecular weight excluding hydrogens is 188 g/mol. The summed E-state index contributed by atoms with van der Waals surface area (Å²) in [5, 5.41) is 0. The van der Waals surface area contributed by atoms with Gasteiger partial charge in [0.2, 0.25) is 0 Å². The van der Waals surface area contributed by atoms with Gasteiger partial charge in [0, 0.05) is 9.80 Å². The molecule has 1 heteroatoms. The summed E-state index contributed by atoms with van der Waals surface area (Å²) in [4.78, 5) is 2.49. The van der Waals surface area contributed by atoms with Crippen LogP contribution in [0.3, 0.4) is 0 Å². The third-order valence-electron chi connectivity index (χ3n) is 1.68. The van der Waals surface area contributed by atoms with Gasteiger partial charge in [-0.2, -0.15) is 0 Å². The Kier molecular flexibility index (Phi) is 4.54. The fourth-order valence-corrected chi connectivity index (χ4v) is 2.09. The second kappa shape index (κ2) is 5.71. The van der Waals surface area contributed by atoms with Crippen LogP contribution < -0.4 is 0 Å². The maximum atomic E-state index is 3.82. The van der Waals surface area contributed by atoms with Crippen LogP contribution in [0.1, 0.15) is 13.8 Å². The minimum Gasteiger partial charge on any atom is -0.0980 e. The molecule has 0 bridgehead atoms. The summed E-state index contributed by atoms with van der Waals surface area (Å²) >= 11 is 1.76. The van der Waals surface area contributed by atoms with E-state index < -0.39 is 0 Å². The van der Waals surface area contributed by atoms with E-state index in [2.05, 4.69) is 50.8 Å². The third kappa shape index (κ3) is 3.84. The number of allylic oxidation sites excluding steroid dienone is 2. The molecule has 0 aliphatic rings. The number of hydrogen-bond donors (Lipinski definition) is 0. The molecule has 1 aromatic carbocycles. The first-order chi connectivity index (χ1) is 6.72. The van der Waals surface area contributed by atoms with Gasteiger partial charge >= 0.3 is 0 Å². The Bertz CT molecular complexity index is 309. The Balaban J connectivity index is 2.71. The van der Waals surface area contributed by atoms with Gasteiger partial charge in [0.15, 0.2) is 0 Å². The van der Waals surface area contributed by atoms with Crippen molar-refractivity contribution in [3.8, 4) is 0 Å². The molecule has 0 heterocycles. The molecule has 0 spiro atoms. The van der Waals surface area contributed by atoms with E-state index in [0.717, 1.165) is 0 Å². The molecule has 0 fully saturated rings. The van der Waals surface area contributed by atoms with Crippen LogP contribution in [0.15, 0.2) is 58.9 Å². The molecule has 1 aromatic rings. The van der Waals surface area contributed by atoms with Crippen molar-refractivity contribution in [3.05, 3.63) is 54.0 Å². The second-order valence-corrected chi connectivity index (χ2v) is 4.58. The van der Waals surface area contributed by atoms with Crippen molar-refractivity contribution in [1.82, 2.24) is 0 Å². The molecule has 74 valence electrons. The topological polar surface area (TPSA) is 0 Å². The maximum Gasteiger partial charge on any atom is 0.0122 e. The predicted octanol–water partition coefficient (Wildman–Crippen LogP) is 4.50. The van der Waals surface area contributed by atoms with Crippen molar-refractivity contribution in [2.45, 2.75) is 18.7 Å². The van der Waals surface area contributed by atoms with Gasteiger partial charge in [-0.15, -0.1) is 0 Å². The smallest absolute Gasteiger partial charge is 0.0122 e. The van der Waals surface area contributed by atoms with E-state index in [9.17, 15) is 0 Å².